The molecular formula is C10H17N5OS. The van der Waals surface area contributed by atoms with Crippen molar-refractivity contribution in [3.05, 3.63) is 11.1 Å². The van der Waals surface area contributed by atoms with E-state index < -0.39 is 0 Å². The Morgan fingerprint density at radius 3 is 2.82 bits per heavy atom. The van der Waals surface area contributed by atoms with Crippen molar-refractivity contribution in [2.45, 2.75) is 6.42 Å². The molecule has 0 radical (unpaired) electrons. The highest BCUT2D eigenvalue weighted by Gasteiger charge is 2.16. The van der Waals surface area contributed by atoms with Crippen LogP contribution in [0, 0.1) is 0 Å². The number of amides is 1. The number of aromatic nitrogens is 1. The largest absolute Gasteiger partial charge is 0.375 e. The van der Waals surface area contributed by atoms with Gasteiger partial charge in [0.15, 0.2) is 5.13 Å². The summed E-state index contributed by atoms with van der Waals surface area (Å²) in [4.78, 5) is 18.0. The van der Waals surface area contributed by atoms with Crippen LogP contribution in [0.3, 0.4) is 0 Å². The van der Waals surface area contributed by atoms with Gasteiger partial charge in [-0.15, -0.1) is 11.3 Å². The summed E-state index contributed by atoms with van der Waals surface area (Å²) in [6.45, 7) is 3.68. The first-order chi connectivity index (χ1) is 8.13. The van der Waals surface area contributed by atoms with Gasteiger partial charge in [0, 0.05) is 31.6 Å². The maximum absolute atomic E-state index is 11.7. The number of nitrogens with zero attached hydrogens (tertiary/aromatic N) is 3. The third kappa shape index (κ3) is 3.65. The number of carbonyl (C=O) groups is 1. The lowest BCUT2D eigenvalue weighted by molar-refractivity contribution is -0.126. The zero-order valence-corrected chi connectivity index (χ0v) is 10.7. The number of likely N-dealkylation sites (N-methyl/N-ethyl adjacent to an activating group) is 1. The maximum Gasteiger partial charge on any atom is 0.240 e. The molecule has 1 aromatic heterocycles. The van der Waals surface area contributed by atoms with Crippen LogP contribution in [-0.2, 0) is 11.2 Å². The number of anilines is 1. The van der Waals surface area contributed by atoms with Crippen LogP contribution >= 0.6 is 11.3 Å². The average molecular weight is 255 g/mol. The number of carbonyl (C=O) groups excluding carboxylic acids is 1. The topological polar surface area (TPSA) is 74.5 Å². The van der Waals surface area contributed by atoms with Gasteiger partial charge in [0.25, 0.3) is 0 Å². The molecule has 0 spiro atoms. The quantitative estimate of drug-likeness (QED) is 0.765. The maximum atomic E-state index is 11.7. The minimum Gasteiger partial charge on any atom is -0.375 e. The molecule has 6 nitrogen and oxygen atoms in total. The van der Waals surface area contributed by atoms with Gasteiger partial charge in [0.1, 0.15) is 0 Å². The van der Waals surface area contributed by atoms with Crippen LogP contribution in [0.5, 0.6) is 0 Å². The highest BCUT2D eigenvalue weighted by molar-refractivity contribution is 7.13. The first-order valence-electron chi connectivity index (χ1n) is 5.56. The van der Waals surface area contributed by atoms with Crippen LogP contribution < -0.4 is 11.2 Å². The lowest BCUT2D eigenvalue weighted by atomic mass is 10.3. The minimum atomic E-state index is -0.0279. The fourth-order valence-corrected chi connectivity index (χ4v) is 2.27. The van der Waals surface area contributed by atoms with Gasteiger partial charge in [-0.25, -0.2) is 9.99 Å². The number of hydrogen-bond acceptors (Lipinski definition) is 6. The van der Waals surface area contributed by atoms with Crippen molar-refractivity contribution in [3.63, 3.8) is 0 Å². The molecule has 94 valence electrons. The van der Waals surface area contributed by atoms with Gasteiger partial charge in [0.2, 0.25) is 5.91 Å². The Hall–Kier alpha value is -1.18. The summed E-state index contributed by atoms with van der Waals surface area (Å²) in [6.07, 6.45) is 0.292. The minimum absolute atomic E-state index is 0.0279. The first kappa shape index (κ1) is 12.3. The fourth-order valence-electron chi connectivity index (χ4n) is 1.70. The van der Waals surface area contributed by atoms with E-state index in [2.05, 4.69) is 22.4 Å². The summed E-state index contributed by atoms with van der Waals surface area (Å²) < 4.78 is 0. The molecular weight excluding hydrogens is 238 g/mol. The zero-order valence-electron chi connectivity index (χ0n) is 9.85. The second-order valence-electron chi connectivity index (χ2n) is 4.18. The van der Waals surface area contributed by atoms with Crippen LogP contribution in [0.4, 0.5) is 5.13 Å². The smallest absolute Gasteiger partial charge is 0.240 e. The molecule has 0 aromatic carbocycles. The van der Waals surface area contributed by atoms with Crippen molar-refractivity contribution in [1.82, 2.24) is 20.3 Å². The molecule has 17 heavy (non-hydrogen) atoms. The summed E-state index contributed by atoms with van der Waals surface area (Å²) in [7, 11) is 2.08. The molecule has 1 saturated heterocycles. The van der Waals surface area contributed by atoms with E-state index in [-0.39, 0.29) is 5.91 Å². The van der Waals surface area contributed by atoms with E-state index in [9.17, 15) is 4.79 Å². The van der Waals surface area contributed by atoms with Crippen molar-refractivity contribution in [2.24, 2.45) is 0 Å². The van der Waals surface area contributed by atoms with E-state index in [0.717, 1.165) is 31.9 Å². The highest BCUT2D eigenvalue weighted by Crippen LogP contribution is 2.11. The van der Waals surface area contributed by atoms with Gasteiger partial charge >= 0.3 is 0 Å². The highest BCUT2D eigenvalue weighted by atomic mass is 32.1. The number of nitrogen functional groups attached to an aromatic ring is 1. The fraction of sp³-hybridized carbons (Fsp3) is 0.600. The number of nitrogens with two attached hydrogens (primary N) is 1. The first-order valence-corrected chi connectivity index (χ1v) is 6.44. The summed E-state index contributed by atoms with van der Waals surface area (Å²) in [6, 6.07) is 0. The van der Waals surface area contributed by atoms with E-state index in [1.165, 1.54) is 11.3 Å². The Labute approximate surface area is 104 Å². The molecule has 0 unspecified atom stereocenters. The van der Waals surface area contributed by atoms with Crippen LogP contribution in [-0.4, -0.2) is 54.0 Å². The number of hydrazine groups is 1. The molecule has 0 aliphatic carbocycles. The number of piperazine rings is 1. The standard InChI is InChI=1S/C10H17N5OS/c1-14-2-4-15(5-3-14)13-9(16)6-8-7-17-10(11)12-8/h7H,2-6H2,1H3,(H2,11,12)(H,13,16). The molecule has 1 amide bonds. The van der Waals surface area contributed by atoms with Gasteiger partial charge in [-0.2, -0.15) is 0 Å². The Balaban J connectivity index is 1.77. The van der Waals surface area contributed by atoms with Crippen LogP contribution in [0.1, 0.15) is 5.69 Å². The lowest BCUT2D eigenvalue weighted by Crippen LogP contribution is -2.52. The van der Waals surface area contributed by atoms with Crippen molar-refractivity contribution in [2.75, 3.05) is 39.0 Å². The molecule has 0 saturated carbocycles. The summed E-state index contributed by atoms with van der Waals surface area (Å²) in [5.74, 6) is -0.0279. The molecule has 7 heteroatoms. The molecule has 0 bridgehead atoms. The van der Waals surface area contributed by atoms with Gasteiger partial charge < -0.3 is 10.6 Å². The van der Waals surface area contributed by atoms with Crippen LogP contribution in [0.2, 0.25) is 0 Å². The van der Waals surface area contributed by atoms with Crippen molar-refractivity contribution in [1.29, 1.82) is 0 Å². The predicted octanol–water partition coefficient (Wildman–Crippen LogP) is -0.454. The third-order valence-electron chi connectivity index (χ3n) is 2.70. The van der Waals surface area contributed by atoms with E-state index in [0.29, 0.717) is 11.6 Å². The average Bonchev–Trinajstić information content (AvgIpc) is 2.67. The predicted molar refractivity (Wildman–Crippen MR) is 67.4 cm³/mol. The second-order valence-corrected chi connectivity index (χ2v) is 5.07. The van der Waals surface area contributed by atoms with Gasteiger partial charge in [-0.3, -0.25) is 10.2 Å². The SMILES string of the molecule is CN1CCN(NC(=O)Cc2csc(N)n2)CC1. The molecule has 3 N–H and O–H groups in total. The van der Waals surface area contributed by atoms with Crippen LogP contribution in [0.25, 0.3) is 0 Å². The third-order valence-corrected chi connectivity index (χ3v) is 3.42. The molecule has 1 aromatic rings. The monoisotopic (exact) mass is 255 g/mol. The Bertz CT molecular complexity index is 386. The van der Waals surface area contributed by atoms with Crippen molar-refractivity contribution >= 4 is 22.4 Å². The van der Waals surface area contributed by atoms with Gasteiger partial charge in [0.05, 0.1) is 12.1 Å². The number of thiazole rings is 1. The normalized spacial score (nSPS) is 18.2. The van der Waals surface area contributed by atoms with E-state index in [1.54, 1.807) is 0 Å². The Morgan fingerprint density at radius 1 is 1.53 bits per heavy atom. The number of nitrogens with one attached hydrogen (secondary N) is 1. The zero-order chi connectivity index (χ0) is 12.3. The van der Waals surface area contributed by atoms with E-state index >= 15 is 0 Å². The lowest BCUT2D eigenvalue weighted by Gasteiger charge is -2.32. The van der Waals surface area contributed by atoms with E-state index in [4.69, 9.17) is 5.73 Å². The molecule has 1 aliphatic heterocycles. The van der Waals surface area contributed by atoms with Crippen LogP contribution in [0.15, 0.2) is 5.38 Å². The van der Waals surface area contributed by atoms with Crippen molar-refractivity contribution < 1.29 is 4.79 Å². The molecule has 1 fully saturated rings. The van der Waals surface area contributed by atoms with Gasteiger partial charge in [-0.05, 0) is 7.05 Å². The summed E-state index contributed by atoms with van der Waals surface area (Å²) >= 11 is 1.36. The Kier molecular flexibility index (Phi) is 3.93. The molecule has 2 rings (SSSR count). The molecule has 2 heterocycles. The van der Waals surface area contributed by atoms with Crippen molar-refractivity contribution in [3.8, 4) is 0 Å². The second kappa shape index (κ2) is 5.44. The van der Waals surface area contributed by atoms with E-state index in [1.807, 2.05) is 10.4 Å². The molecule has 1 aliphatic rings. The summed E-state index contributed by atoms with van der Waals surface area (Å²) in [5.41, 5.74) is 9.14. The number of hydrogen-bond donors (Lipinski definition) is 2. The Morgan fingerprint density at radius 2 is 2.24 bits per heavy atom. The number of rotatable bonds is 3. The summed E-state index contributed by atoms with van der Waals surface area (Å²) in [5, 5.41) is 4.28. The van der Waals surface area contributed by atoms with Gasteiger partial charge in [-0.1, -0.05) is 0 Å². The molecule has 0 atom stereocenters.